The Balaban J connectivity index is 1.66. The number of nitrogens with zero attached hydrogens (tertiary/aromatic N) is 2. The summed E-state index contributed by atoms with van der Waals surface area (Å²) in [6.07, 6.45) is 7.06. The number of anilines is 1. The van der Waals surface area contributed by atoms with Crippen LogP contribution in [0, 0.1) is 5.92 Å². The third kappa shape index (κ3) is 1.86. The van der Waals surface area contributed by atoms with Gasteiger partial charge in [0.05, 0.1) is 0 Å². The molecule has 0 amide bonds. The third-order valence-corrected chi connectivity index (χ3v) is 2.95. The van der Waals surface area contributed by atoms with Gasteiger partial charge in [0.2, 0.25) is 0 Å². The molecule has 0 bridgehead atoms. The molecule has 1 aromatic heterocycles. The Labute approximate surface area is 84.0 Å². The molecule has 3 nitrogen and oxygen atoms in total. The molecule has 2 saturated carbocycles. The van der Waals surface area contributed by atoms with Gasteiger partial charge in [-0.05, 0) is 31.6 Å². The maximum atomic E-state index is 4.29. The largest absolute Gasteiger partial charge is 0.370 e. The van der Waals surface area contributed by atoms with E-state index in [4.69, 9.17) is 0 Å². The van der Waals surface area contributed by atoms with E-state index in [1.54, 1.807) is 6.33 Å². The normalized spacial score (nSPS) is 20.9. The zero-order valence-corrected chi connectivity index (χ0v) is 8.24. The van der Waals surface area contributed by atoms with Crippen LogP contribution in [0.4, 0.5) is 5.82 Å². The minimum atomic E-state index is 0.722. The highest BCUT2D eigenvalue weighted by Gasteiger charge is 2.25. The molecule has 3 heteroatoms. The van der Waals surface area contributed by atoms with Crippen molar-refractivity contribution in [2.75, 3.05) is 11.9 Å². The van der Waals surface area contributed by atoms with E-state index in [1.807, 2.05) is 0 Å². The van der Waals surface area contributed by atoms with Crippen molar-refractivity contribution in [3.8, 4) is 0 Å². The molecule has 2 aliphatic rings. The number of nitrogens with one attached hydrogen (secondary N) is 1. The smallest absolute Gasteiger partial charge is 0.129 e. The van der Waals surface area contributed by atoms with Crippen LogP contribution in [0.5, 0.6) is 0 Å². The zero-order chi connectivity index (χ0) is 9.38. The van der Waals surface area contributed by atoms with Gasteiger partial charge in [0.25, 0.3) is 0 Å². The maximum Gasteiger partial charge on any atom is 0.129 e. The van der Waals surface area contributed by atoms with E-state index in [0.29, 0.717) is 0 Å². The van der Waals surface area contributed by atoms with Gasteiger partial charge in [0, 0.05) is 24.2 Å². The summed E-state index contributed by atoms with van der Waals surface area (Å²) in [5, 5.41) is 3.38. The predicted octanol–water partition coefficient (Wildman–Crippen LogP) is 2.18. The second-order valence-corrected chi connectivity index (χ2v) is 4.43. The van der Waals surface area contributed by atoms with Gasteiger partial charge in [0.15, 0.2) is 0 Å². The van der Waals surface area contributed by atoms with Crippen LogP contribution in [-0.4, -0.2) is 16.5 Å². The molecule has 0 aromatic carbocycles. The summed E-state index contributed by atoms with van der Waals surface area (Å²) in [6, 6.07) is 2.11. The molecule has 14 heavy (non-hydrogen) atoms. The van der Waals surface area contributed by atoms with Crippen LogP contribution in [0.2, 0.25) is 0 Å². The van der Waals surface area contributed by atoms with Crippen LogP contribution in [0.25, 0.3) is 0 Å². The predicted molar refractivity (Wildman–Crippen MR) is 55.2 cm³/mol. The second kappa shape index (κ2) is 3.23. The van der Waals surface area contributed by atoms with Gasteiger partial charge in [0.1, 0.15) is 12.1 Å². The first-order chi connectivity index (χ1) is 6.92. The van der Waals surface area contributed by atoms with Crippen molar-refractivity contribution in [2.24, 2.45) is 5.92 Å². The zero-order valence-electron chi connectivity index (χ0n) is 8.24. The Morgan fingerprint density at radius 3 is 2.79 bits per heavy atom. The number of hydrogen-bond acceptors (Lipinski definition) is 3. The first-order valence-corrected chi connectivity index (χ1v) is 5.47. The number of aromatic nitrogens is 2. The van der Waals surface area contributed by atoms with Crippen LogP contribution in [-0.2, 0) is 0 Å². The van der Waals surface area contributed by atoms with Crippen molar-refractivity contribution in [1.82, 2.24) is 9.97 Å². The molecule has 0 aliphatic heterocycles. The van der Waals surface area contributed by atoms with E-state index in [9.17, 15) is 0 Å². The van der Waals surface area contributed by atoms with Crippen molar-refractivity contribution < 1.29 is 0 Å². The van der Waals surface area contributed by atoms with E-state index in [0.717, 1.165) is 24.2 Å². The van der Waals surface area contributed by atoms with Gasteiger partial charge in [-0.2, -0.15) is 0 Å². The lowest BCUT2D eigenvalue weighted by molar-refractivity contribution is 0.876. The molecule has 1 aromatic rings. The standard InChI is InChI=1S/C11H15N3/c1-2-8(1)6-12-11-5-10(9-3-4-9)13-7-14-11/h5,7-9H,1-4,6H2,(H,12,13,14). The van der Waals surface area contributed by atoms with Gasteiger partial charge in [-0.15, -0.1) is 0 Å². The Morgan fingerprint density at radius 2 is 2.07 bits per heavy atom. The summed E-state index contributed by atoms with van der Waals surface area (Å²) in [5.41, 5.74) is 1.22. The Hall–Kier alpha value is -1.12. The van der Waals surface area contributed by atoms with Crippen molar-refractivity contribution >= 4 is 5.82 Å². The van der Waals surface area contributed by atoms with Crippen molar-refractivity contribution in [3.63, 3.8) is 0 Å². The quantitative estimate of drug-likeness (QED) is 0.788. The Kier molecular flexibility index (Phi) is 1.89. The van der Waals surface area contributed by atoms with E-state index in [2.05, 4.69) is 21.4 Å². The minimum Gasteiger partial charge on any atom is -0.370 e. The second-order valence-electron chi connectivity index (χ2n) is 4.43. The molecule has 2 fully saturated rings. The van der Waals surface area contributed by atoms with Crippen LogP contribution in [0.1, 0.15) is 37.3 Å². The first-order valence-electron chi connectivity index (χ1n) is 5.47. The molecule has 74 valence electrons. The Morgan fingerprint density at radius 1 is 1.21 bits per heavy atom. The van der Waals surface area contributed by atoms with E-state index < -0.39 is 0 Å². The van der Waals surface area contributed by atoms with E-state index >= 15 is 0 Å². The summed E-state index contributed by atoms with van der Waals surface area (Å²) < 4.78 is 0. The number of hydrogen-bond donors (Lipinski definition) is 1. The molecule has 0 spiro atoms. The van der Waals surface area contributed by atoms with Crippen LogP contribution in [0.15, 0.2) is 12.4 Å². The molecule has 1 N–H and O–H groups in total. The molecule has 1 heterocycles. The molecular formula is C11H15N3. The molecule has 0 radical (unpaired) electrons. The topological polar surface area (TPSA) is 37.8 Å². The fraction of sp³-hybridized carbons (Fsp3) is 0.636. The molecule has 0 unspecified atom stereocenters. The summed E-state index contributed by atoms with van der Waals surface area (Å²) in [4.78, 5) is 8.52. The highest BCUT2D eigenvalue weighted by atomic mass is 15.0. The first kappa shape index (κ1) is 8.21. The monoisotopic (exact) mass is 189 g/mol. The minimum absolute atomic E-state index is 0.722. The summed E-state index contributed by atoms with van der Waals surface area (Å²) >= 11 is 0. The molecule has 3 rings (SSSR count). The number of rotatable bonds is 4. The SMILES string of the molecule is c1nc(NCC2CC2)cc(C2CC2)n1. The fourth-order valence-electron chi connectivity index (χ4n) is 1.64. The van der Waals surface area contributed by atoms with Gasteiger partial charge >= 0.3 is 0 Å². The molecule has 0 atom stereocenters. The lowest BCUT2D eigenvalue weighted by Crippen LogP contribution is -2.05. The average molecular weight is 189 g/mol. The van der Waals surface area contributed by atoms with Gasteiger partial charge in [-0.1, -0.05) is 0 Å². The van der Waals surface area contributed by atoms with Crippen LogP contribution >= 0.6 is 0 Å². The summed E-state index contributed by atoms with van der Waals surface area (Å²) in [6.45, 7) is 1.08. The molecular weight excluding hydrogens is 174 g/mol. The molecule has 0 saturated heterocycles. The van der Waals surface area contributed by atoms with Gasteiger partial charge < -0.3 is 5.32 Å². The highest BCUT2D eigenvalue weighted by molar-refractivity contribution is 5.36. The van der Waals surface area contributed by atoms with Crippen molar-refractivity contribution in [1.29, 1.82) is 0 Å². The fourth-order valence-corrected chi connectivity index (χ4v) is 1.64. The lowest BCUT2D eigenvalue weighted by Gasteiger charge is -2.04. The average Bonchev–Trinajstić information content (AvgIpc) is 3.06. The van der Waals surface area contributed by atoms with Crippen molar-refractivity contribution in [2.45, 2.75) is 31.6 Å². The van der Waals surface area contributed by atoms with Gasteiger partial charge in [-0.3, -0.25) is 0 Å². The van der Waals surface area contributed by atoms with Crippen molar-refractivity contribution in [3.05, 3.63) is 18.1 Å². The van der Waals surface area contributed by atoms with Crippen LogP contribution < -0.4 is 5.32 Å². The van der Waals surface area contributed by atoms with Gasteiger partial charge in [-0.25, -0.2) is 9.97 Å². The van der Waals surface area contributed by atoms with E-state index in [-0.39, 0.29) is 0 Å². The third-order valence-electron chi connectivity index (χ3n) is 2.95. The summed E-state index contributed by atoms with van der Waals surface area (Å²) in [7, 11) is 0. The highest BCUT2D eigenvalue weighted by Crippen LogP contribution is 2.39. The lowest BCUT2D eigenvalue weighted by atomic mass is 10.3. The summed E-state index contributed by atoms with van der Waals surface area (Å²) in [5.74, 6) is 2.63. The Bertz CT molecular complexity index is 329. The molecule has 2 aliphatic carbocycles. The maximum absolute atomic E-state index is 4.29. The van der Waals surface area contributed by atoms with E-state index in [1.165, 1.54) is 31.4 Å². The van der Waals surface area contributed by atoms with Crippen LogP contribution in [0.3, 0.4) is 0 Å².